The molecule has 0 radical (unpaired) electrons. The minimum Gasteiger partial charge on any atom is -0.388 e. The summed E-state index contributed by atoms with van der Waals surface area (Å²) < 4.78 is 1.82. The number of piperidine rings is 1. The summed E-state index contributed by atoms with van der Waals surface area (Å²) in [5.41, 5.74) is 11.3. The van der Waals surface area contributed by atoms with E-state index in [1.807, 2.05) is 9.58 Å². The van der Waals surface area contributed by atoms with E-state index in [2.05, 4.69) is 43.9 Å². The van der Waals surface area contributed by atoms with Gasteiger partial charge in [0.2, 0.25) is 5.91 Å². The number of carbonyl (C=O) groups is 2. The SMILES string of the molecule is Cc1cccc(N2CCN(C(=O)Cn3nc(C(=O)N4CCC(O)(CN)CC4)c4c3CC3C(C)C43)CC2)c1C. The number of hydrogen-bond acceptors (Lipinski definition) is 6. The Kier molecular flexibility index (Phi) is 6.26. The molecule has 2 saturated heterocycles. The molecule has 3 fully saturated rings. The van der Waals surface area contributed by atoms with Gasteiger partial charge in [0.1, 0.15) is 6.54 Å². The van der Waals surface area contributed by atoms with Gasteiger partial charge in [-0.25, -0.2) is 0 Å². The highest BCUT2D eigenvalue weighted by Gasteiger charge is 2.56. The Morgan fingerprint density at radius 1 is 1.08 bits per heavy atom. The van der Waals surface area contributed by atoms with Gasteiger partial charge in [0, 0.05) is 62.8 Å². The Balaban J connectivity index is 1.15. The lowest BCUT2D eigenvalue weighted by atomic mass is 9.91. The summed E-state index contributed by atoms with van der Waals surface area (Å²) >= 11 is 0. The Bertz CT molecular complexity index is 1260. The second-order valence-corrected chi connectivity index (χ2v) is 11.9. The highest BCUT2D eigenvalue weighted by molar-refractivity contribution is 5.95. The first-order valence-corrected chi connectivity index (χ1v) is 14.1. The summed E-state index contributed by atoms with van der Waals surface area (Å²) in [4.78, 5) is 33.1. The Morgan fingerprint density at radius 2 is 1.79 bits per heavy atom. The van der Waals surface area contributed by atoms with Crippen molar-refractivity contribution in [3.8, 4) is 0 Å². The van der Waals surface area contributed by atoms with Gasteiger partial charge in [-0.1, -0.05) is 19.1 Å². The number of rotatable bonds is 5. The quantitative estimate of drug-likeness (QED) is 0.621. The second-order valence-electron chi connectivity index (χ2n) is 11.9. The Hall–Kier alpha value is -2.91. The number of carbonyl (C=O) groups excluding carboxylic acids is 2. The number of aromatic nitrogens is 2. The molecule has 38 heavy (non-hydrogen) atoms. The van der Waals surface area contributed by atoms with Gasteiger partial charge in [-0.15, -0.1) is 0 Å². The molecular formula is C29H40N6O3. The molecular weight excluding hydrogens is 480 g/mol. The van der Waals surface area contributed by atoms with Crippen molar-refractivity contribution < 1.29 is 14.7 Å². The van der Waals surface area contributed by atoms with Crippen LogP contribution in [-0.2, 0) is 17.8 Å². The fourth-order valence-corrected chi connectivity index (χ4v) is 6.91. The van der Waals surface area contributed by atoms with Gasteiger partial charge in [-0.05, 0) is 68.1 Å². The van der Waals surface area contributed by atoms with Crippen molar-refractivity contribution in [3.05, 3.63) is 46.3 Å². The molecule has 3 unspecified atom stereocenters. The smallest absolute Gasteiger partial charge is 0.274 e. The minimum atomic E-state index is -0.886. The standard InChI is InChI=1S/C29H40N6O3/c1-18-5-4-6-22(19(18)2)32-11-13-33(14-12-32)24(36)16-35-23-15-21-20(3)25(21)26(23)27(31-35)28(37)34-9-7-29(38,17-30)8-10-34/h4-6,20-21,25,38H,7-17,30H2,1-3H3. The Morgan fingerprint density at radius 3 is 2.47 bits per heavy atom. The number of anilines is 1. The van der Waals surface area contributed by atoms with Crippen molar-refractivity contribution in [2.75, 3.05) is 50.7 Å². The van der Waals surface area contributed by atoms with Gasteiger partial charge >= 0.3 is 0 Å². The van der Waals surface area contributed by atoms with E-state index in [1.165, 1.54) is 16.8 Å². The molecule has 1 aromatic heterocycles. The lowest BCUT2D eigenvalue weighted by Gasteiger charge is -2.37. The molecule has 2 amide bonds. The van der Waals surface area contributed by atoms with E-state index in [4.69, 9.17) is 10.8 Å². The maximum absolute atomic E-state index is 13.6. The van der Waals surface area contributed by atoms with E-state index in [-0.39, 0.29) is 24.9 Å². The van der Waals surface area contributed by atoms with Gasteiger partial charge in [-0.2, -0.15) is 5.10 Å². The van der Waals surface area contributed by atoms with Crippen LogP contribution in [0.4, 0.5) is 5.69 Å². The molecule has 9 heteroatoms. The fourth-order valence-electron chi connectivity index (χ4n) is 6.91. The van der Waals surface area contributed by atoms with Crippen molar-refractivity contribution in [2.24, 2.45) is 17.6 Å². The second kappa shape index (κ2) is 9.38. The average molecular weight is 521 g/mol. The van der Waals surface area contributed by atoms with Crippen molar-refractivity contribution in [1.29, 1.82) is 0 Å². The largest absolute Gasteiger partial charge is 0.388 e. The summed E-state index contributed by atoms with van der Waals surface area (Å²) in [7, 11) is 0. The van der Waals surface area contributed by atoms with E-state index in [0.717, 1.165) is 30.8 Å². The number of likely N-dealkylation sites (tertiary alicyclic amines) is 1. The number of fused-ring (bicyclic) bond motifs is 3. The molecule has 204 valence electrons. The predicted molar refractivity (Wildman–Crippen MR) is 145 cm³/mol. The number of nitrogens with zero attached hydrogens (tertiary/aromatic N) is 5. The van der Waals surface area contributed by atoms with Crippen LogP contribution in [0.15, 0.2) is 18.2 Å². The highest BCUT2D eigenvalue weighted by atomic mass is 16.3. The topological polar surface area (TPSA) is 108 Å². The molecule has 6 rings (SSSR count). The third kappa shape index (κ3) is 4.20. The first kappa shape index (κ1) is 25.4. The fraction of sp³-hybridized carbons (Fsp3) is 0.621. The van der Waals surface area contributed by atoms with Gasteiger partial charge in [0.25, 0.3) is 5.91 Å². The van der Waals surface area contributed by atoms with E-state index in [0.29, 0.717) is 62.5 Å². The summed E-state index contributed by atoms with van der Waals surface area (Å²) in [5, 5.41) is 15.3. The zero-order valence-corrected chi connectivity index (χ0v) is 22.8. The maximum atomic E-state index is 13.6. The number of aliphatic hydroxyl groups is 1. The molecule has 3 heterocycles. The van der Waals surface area contributed by atoms with Crippen LogP contribution in [0.2, 0.25) is 0 Å². The maximum Gasteiger partial charge on any atom is 0.274 e. The van der Waals surface area contributed by atoms with Crippen LogP contribution in [-0.4, -0.2) is 87.9 Å². The summed E-state index contributed by atoms with van der Waals surface area (Å²) in [6, 6.07) is 6.40. The highest BCUT2D eigenvalue weighted by Crippen LogP contribution is 2.62. The normalized spacial score (nSPS) is 25.8. The average Bonchev–Trinajstić information content (AvgIpc) is 3.23. The van der Waals surface area contributed by atoms with Crippen LogP contribution in [0.25, 0.3) is 0 Å². The monoisotopic (exact) mass is 520 g/mol. The van der Waals surface area contributed by atoms with Crippen LogP contribution >= 0.6 is 0 Å². The molecule has 4 aliphatic rings. The number of aryl methyl sites for hydroxylation is 1. The van der Waals surface area contributed by atoms with E-state index < -0.39 is 5.60 Å². The first-order chi connectivity index (χ1) is 18.2. The molecule has 3 N–H and O–H groups in total. The number of nitrogens with two attached hydrogens (primary N) is 1. The van der Waals surface area contributed by atoms with Crippen LogP contribution < -0.4 is 10.6 Å². The minimum absolute atomic E-state index is 0.0644. The molecule has 3 atom stereocenters. The number of hydrogen-bond donors (Lipinski definition) is 2. The van der Waals surface area contributed by atoms with E-state index in [1.54, 1.807) is 4.90 Å². The Labute approximate surface area is 224 Å². The molecule has 2 aromatic rings. The van der Waals surface area contributed by atoms with Crippen molar-refractivity contribution in [1.82, 2.24) is 19.6 Å². The zero-order chi connectivity index (χ0) is 26.8. The molecule has 2 aliphatic carbocycles. The van der Waals surface area contributed by atoms with Gasteiger partial charge < -0.3 is 25.5 Å². The van der Waals surface area contributed by atoms with Crippen molar-refractivity contribution in [3.63, 3.8) is 0 Å². The number of piperazine rings is 1. The molecule has 0 bridgehead atoms. The molecule has 2 aliphatic heterocycles. The van der Waals surface area contributed by atoms with Crippen LogP contribution in [0.1, 0.15) is 58.6 Å². The predicted octanol–water partition coefficient (Wildman–Crippen LogP) is 1.68. The first-order valence-electron chi connectivity index (χ1n) is 14.1. The zero-order valence-electron chi connectivity index (χ0n) is 22.8. The van der Waals surface area contributed by atoms with Gasteiger partial charge in [0.15, 0.2) is 5.69 Å². The van der Waals surface area contributed by atoms with Crippen LogP contribution in [0.3, 0.4) is 0 Å². The lowest BCUT2D eigenvalue weighted by Crippen LogP contribution is -2.50. The number of amides is 2. The van der Waals surface area contributed by atoms with E-state index >= 15 is 0 Å². The summed E-state index contributed by atoms with van der Waals surface area (Å²) in [6.45, 7) is 10.9. The van der Waals surface area contributed by atoms with Gasteiger partial charge in [0.05, 0.1) is 5.60 Å². The third-order valence-corrected chi connectivity index (χ3v) is 9.82. The molecule has 0 spiro atoms. The summed E-state index contributed by atoms with van der Waals surface area (Å²) in [6.07, 6.45) is 1.85. The third-order valence-electron chi connectivity index (χ3n) is 9.82. The van der Waals surface area contributed by atoms with Crippen LogP contribution in [0, 0.1) is 25.7 Å². The molecule has 9 nitrogen and oxygen atoms in total. The molecule has 1 aromatic carbocycles. The van der Waals surface area contributed by atoms with Crippen LogP contribution in [0.5, 0.6) is 0 Å². The van der Waals surface area contributed by atoms with Crippen molar-refractivity contribution in [2.45, 2.75) is 58.1 Å². The van der Waals surface area contributed by atoms with E-state index in [9.17, 15) is 14.7 Å². The summed E-state index contributed by atoms with van der Waals surface area (Å²) in [5.74, 6) is 1.48. The van der Waals surface area contributed by atoms with Crippen molar-refractivity contribution >= 4 is 17.5 Å². The van der Waals surface area contributed by atoms with Gasteiger partial charge in [-0.3, -0.25) is 14.3 Å². The lowest BCUT2D eigenvalue weighted by molar-refractivity contribution is -0.132. The number of benzene rings is 1. The molecule has 1 saturated carbocycles.